The highest BCUT2D eigenvalue weighted by Crippen LogP contribution is 2.27. The van der Waals surface area contributed by atoms with Gasteiger partial charge < -0.3 is 14.9 Å². The summed E-state index contributed by atoms with van der Waals surface area (Å²) >= 11 is 17.3. The number of aromatic amines is 1. The van der Waals surface area contributed by atoms with Crippen LogP contribution in [0.4, 0.5) is 0 Å². The molecule has 1 aliphatic rings. The molecule has 20 heavy (non-hydrogen) atoms. The summed E-state index contributed by atoms with van der Waals surface area (Å²) in [6, 6.07) is 3.90. The number of nitrogens with one attached hydrogen (secondary N) is 2. The van der Waals surface area contributed by atoms with Gasteiger partial charge in [-0.3, -0.25) is 4.79 Å². The number of aryl methyl sites for hydroxylation is 1. The minimum absolute atomic E-state index is 0.0591. The number of hydrogen-bond donors (Lipinski definition) is 2. The molecule has 4 nitrogen and oxygen atoms in total. The highest BCUT2D eigenvalue weighted by molar-refractivity contribution is 7.71. The molecule has 106 valence electrons. The zero-order chi connectivity index (χ0) is 14.3. The Morgan fingerprint density at radius 2 is 2.10 bits per heavy atom. The lowest BCUT2D eigenvalue weighted by molar-refractivity contribution is -0.121. The predicted octanol–water partition coefficient (Wildman–Crippen LogP) is 3.67. The third-order valence-electron chi connectivity index (χ3n) is 3.32. The van der Waals surface area contributed by atoms with Crippen LogP contribution in [0.25, 0.3) is 11.0 Å². The van der Waals surface area contributed by atoms with Gasteiger partial charge in [-0.2, -0.15) is 0 Å². The molecule has 1 fully saturated rings. The Balaban J connectivity index is 1.83. The summed E-state index contributed by atoms with van der Waals surface area (Å²) in [5.41, 5.74) is 1.69. The summed E-state index contributed by atoms with van der Waals surface area (Å²) in [6.45, 7) is 0.523. The van der Waals surface area contributed by atoms with Gasteiger partial charge in [-0.25, -0.2) is 0 Å². The van der Waals surface area contributed by atoms with Gasteiger partial charge in [0.1, 0.15) is 0 Å². The van der Waals surface area contributed by atoms with Crippen LogP contribution in [-0.2, 0) is 11.3 Å². The van der Waals surface area contributed by atoms with Gasteiger partial charge in [0.05, 0.1) is 21.1 Å². The second-order valence-corrected chi connectivity index (χ2v) is 6.16. The maximum atomic E-state index is 11.7. The molecule has 1 aliphatic carbocycles. The number of rotatable bonds is 4. The Kier molecular flexibility index (Phi) is 3.75. The van der Waals surface area contributed by atoms with Crippen LogP contribution in [0.3, 0.4) is 0 Å². The quantitative estimate of drug-likeness (QED) is 0.841. The molecule has 7 heteroatoms. The summed E-state index contributed by atoms with van der Waals surface area (Å²) < 4.78 is 2.44. The molecule has 1 aromatic heterocycles. The zero-order valence-corrected chi connectivity index (χ0v) is 12.9. The Bertz CT molecular complexity index is 733. The fourth-order valence-electron chi connectivity index (χ4n) is 2.11. The van der Waals surface area contributed by atoms with E-state index in [0.717, 1.165) is 23.9 Å². The highest BCUT2D eigenvalue weighted by Gasteiger charge is 2.23. The van der Waals surface area contributed by atoms with Gasteiger partial charge in [0, 0.05) is 19.0 Å². The molecule has 0 bridgehead atoms. The number of nitrogens with zero attached hydrogens (tertiary/aromatic N) is 1. The fraction of sp³-hybridized carbons (Fsp3) is 0.385. The Labute approximate surface area is 131 Å². The van der Waals surface area contributed by atoms with Crippen molar-refractivity contribution >= 4 is 52.4 Å². The molecule has 0 spiro atoms. The van der Waals surface area contributed by atoms with Crippen LogP contribution in [0.15, 0.2) is 12.1 Å². The molecule has 1 amide bonds. The van der Waals surface area contributed by atoms with Crippen molar-refractivity contribution in [3.05, 3.63) is 26.9 Å². The molecule has 0 atom stereocenters. The summed E-state index contributed by atoms with van der Waals surface area (Å²) in [5.74, 6) is 0.0591. The topological polar surface area (TPSA) is 49.8 Å². The first-order valence-electron chi connectivity index (χ1n) is 6.41. The van der Waals surface area contributed by atoms with E-state index in [4.69, 9.17) is 35.4 Å². The summed E-state index contributed by atoms with van der Waals surface area (Å²) in [4.78, 5) is 14.8. The highest BCUT2D eigenvalue weighted by atomic mass is 35.5. The molecular formula is C13H13Cl2N3OS. The first-order valence-corrected chi connectivity index (χ1v) is 7.58. The van der Waals surface area contributed by atoms with Gasteiger partial charge in [0.15, 0.2) is 4.77 Å². The minimum Gasteiger partial charge on any atom is -0.353 e. The van der Waals surface area contributed by atoms with Gasteiger partial charge in [0.2, 0.25) is 5.91 Å². The second-order valence-electron chi connectivity index (χ2n) is 4.96. The van der Waals surface area contributed by atoms with E-state index in [9.17, 15) is 4.79 Å². The van der Waals surface area contributed by atoms with Crippen molar-refractivity contribution in [2.75, 3.05) is 0 Å². The van der Waals surface area contributed by atoms with E-state index in [0.29, 0.717) is 33.8 Å². The predicted molar refractivity (Wildman–Crippen MR) is 82.9 cm³/mol. The van der Waals surface area contributed by atoms with Gasteiger partial charge in [-0.15, -0.1) is 0 Å². The number of benzene rings is 1. The van der Waals surface area contributed by atoms with Crippen molar-refractivity contribution < 1.29 is 4.79 Å². The smallest absolute Gasteiger partial charge is 0.222 e. The largest absolute Gasteiger partial charge is 0.353 e. The lowest BCUT2D eigenvalue weighted by atomic mass is 10.3. The number of imidazole rings is 1. The van der Waals surface area contributed by atoms with Gasteiger partial charge >= 0.3 is 0 Å². The van der Waals surface area contributed by atoms with Crippen LogP contribution < -0.4 is 5.32 Å². The first-order chi connectivity index (χ1) is 9.54. The molecule has 1 saturated carbocycles. The average molecular weight is 330 g/mol. The van der Waals surface area contributed by atoms with Crippen LogP contribution in [-0.4, -0.2) is 21.5 Å². The Hall–Kier alpha value is -1.04. The number of halogens is 2. The average Bonchev–Trinajstić information content (AvgIpc) is 3.13. The standard InChI is InChI=1S/C13H13Cl2N3OS/c14-8-5-10-11(6-9(8)15)18(13(20)17-10)4-3-12(19)16-7-1-2-7/h5-7H,1-4H2,(H,16,19)(H,17,20). The maximum absolute atomic E-state index is 11.7. The number of carbonyl (C=O) groups is 1. The third kappa shape index (κ3) is 2.85. The molecule has 0 radical (unpaired) electrons. The van der Waals surface area contributed by atoms with Crippen molar-refractivity contribution in [1.29, 1.82) is 0 Å². The number of fused-ring (bicyclic) bond motifs is 1. The monoisotopic (exact) mass is 329 g/mol. The van der Waals surface area contributed by atoms with Crippen LogP contribution >= 0.6 is 35.4 Å². The van der Waals surface area contributed by atoms with E-state index in [-0.39, 0.29) is 5.91 Å². The molecular weight excluding hydrogens is 317 g/mol. The van der Waals surface area contributed by atoms with Crippen LogP contribution in [0.1, 0.15) is 19.3 Å². The number of H-pyrrole nitrogens is 1. The summed E-state index contributed by atoms with van der Waals surface area (Å²) in [5, 5.41) is 3.92. The van der Waals surface area contributed by atoms with Crippen molar-refractivity contribution in [3.63, 3.8) is 0 Å². The SMILES string of the molecule is O=C(CCn1c(=S)[nH]c2cc(Cl)c(Cl)cc21)NC1CC1. The molecule has 0 aliphatic heterocycles. The van der Waals surface area contributed by atoms with Crippen molar-refractivity contribution in [3.8, 4) is 0 Å². The molecule has 1 heterocycles. The van der Waals surface area contributed by atoms with Crippen molar-refractivity contribution in [1.82, 2.24) is 14.9 Å². The number of hydrogen-bond acceptors (Lipinski definition) is 2. The molecule has 0 saturated heterocycles. The van der Waals surface area contributed by atoms with Crippen LogP contribution in [0.2, 0.25) is 10.0 Å². The fourth-order valence-corrected chi connectivity index (χ4v) is 2.74. The van der Waals surface area contributed by atoms with Crippen LogP contribution in [0, 0.1) is 4.77 Å². The summed E-state index contributed by atoms with van der Waals surface area (Å²) in [6.07, 6.45) is 2.58. The molecule has 1 aromatic carbocycles. The van der Waals surface area contributed by atoms with E-state index in [2.05, 4.69) is 10.3 Å². The number of carbonyl (C=O) groups excluding carboxylic acids is 1. The van der Waals surface area contributed by atoms with Crippen molar-refractivity contribution in [2.24, 2.45) is 0 Å². The lowest BCUT2D eigenvalue weighted by Crippen LogP contribution is -2.26. The zero-order valence-electron chi connectivity index (χ0n) is 10.6. The molecule has 2 N–H and O–H groups in total. The van der Waals surface area contributed by atoms with E-state index < -0.39 is 0 Å². The first kappa shape index (κ1) is 13.9. The third-order valence-corrected chi connectivity index (χ3v) is 4.37. The Morgan fingerprint density at radius 1 is 1.40 bits per heavy atom. The molecule has 3 rings (SSSR count). The summed E-state index contributed by atoms with van der Waals surface area (Å²) in [7, 11) is 0. The van der Waals surface area contributed by atoms with E-state index in [1.807, 2.05) is 4.57 Å². The number of amides is 1. The van der Waals surface area contributed by atoms with Crippen LogP contribution in [0.5, 0.6) is 0 Å². The van der Waals surface area contributed by atoms with Crippen molar-refractivity contribution in [2.45, 2.75) is 31.8 Å². The van der Waals surface area contributed by atoms with Gasteiger partial charge in [-0.05, 0) is 37.2 Å². The normalized spacial score (nSPS) is 14.7. The van der Waals surface area contributed by atoms with Gasteiger partial charge in [-0.1, -0.05) is 23.2 Å². The van der Waals surface area contributed by atoms with Gasteiger partial charge in [0.25, 0.3) is 0 Å². The van der Waals surface area contributed by atoms with E-state index >= 15 is 0 Å². The minimum atomic E-state index is 0.0591. The molecule has 2 aromatic rings. The maximum Gasteiger partial charge on any atom is 0.222 e. The number of aromatic nitrogens is 2. The lowest BCUT2D eigenvalue weighted by Gasteiger charge is -2.06. The Morgan fingerprint density at radius 3 is 2.80 bits per heavy atom. The molecule has 0 unspecified atom stereocenters. The van der Waals surface area contributed by atoms with E-state index in [1.54, 1.807) is 12.1 Å². The second kappa shape index (κ2) is 5.39. The van der Waals surface area contributed by atoms with E-state index in [1.165, 1.54) is 0 Å².